The summed E-state index contributed by atoms with van der Waals surface area (Å²) in [5.41, 5.74) is 17.3. The average molecular weight is 496 g/mol. The fourth-order valence-corrected chi connectivity index (χ4v) is 8.63. The summed E-state index contributed by atoms with van der Waals surface area (Å²) in [4.78, 5) is 0. The highest BCUT2D eigenvalue weighted by molar-refractivity contribution is 5.15. The van der Waals surface area contributed by atoms with Gasteiger partial charge >= 0.3 is 0 Å². The monoisotopic (exact) mass is 495 g/mol. The molecule has 3 unspecified atom stereocenters. The minimum absolute atomic E-state index is 0.0802. The summed E-state index contributed by atoms with van der Waals surface area (Å²) in [5.74, 6) is 2.03. The molecule has 35 heavy (non-hydrogen) atoms. The molecular weight excluding hydrogens is 442 g/mol. The number of hydrogen-bond acceptors (Lipinski definition) is 7. The standard InChI is InChI=1S/C28H53N3O4/c1-27-9-8-20(33-13-3-10-29)16-19(27)17-23(34-14-4-11-30)26-21-6-7-24(32)28(21,2)25(18-22(26)27)35-15-5-12-31/h19-26,32H,3-18,29-31H2,1-2H3/t19?,20-,21+,22+,23-,24+,25+,26?,27+,28?/m1/s1. The Morgan fingerprint density at radius 3 is 2.11 bits per heavy atom. The molecule has 7 N–H and O–H groups in total. The Kier molecular flexibility index (Phi) is 9.56. The Labute approximate surface area is 213 Å². The second-order valence-electron chi connectivity index (χ2n) is 12.4. The molecular formula is C28H53N3O4. The highest BCUT2D eigenvalue weighted by Crippen LogP contribution is 2.67. The Hall–Kier alpha value is -0.280. The molecule has 0 spiro atoms. The summed E-state index contributed by atoms with van der Waals surface area (Å²) in [6.07, 6.45) is 10.5. The fourth-order valence-electron chi connectivity index (χ4n) is 8.63. The van der Waals surface area contributed by atoms with Crippen LogP contribution < -0.4 is 17.2 Å². The van der Waals surface area contributed by atoms with E-state index in [2.05, 4.69) is 13.8 Å². The van der Waals surface area contributed by atoms with Gasteiger partial charge in [-0.15, -0.1) is 0 Å². The van der Waals surface area contributed by atoms with E-state index in [0.29, 0.717) is 56.0 Å². The summed E-state index contributed by atoms with van der Waals surface area (Å²) in [6, 6.07) is 0. The highest BCUT2D eigenvalue weighted by Gasteiger charge is 2.66. The molecule has 4 rings (SSSR count). The smallest absolute Gasteiger partial charge is 0.0659 e. The molecule has 4 aliphatic carbocycles. The number of hydrogen-bond donors (Lipinski definition) is 4. The molecule has 4 fully saturated rings. The third-order valence-electron chi connectivity index (χ3n) is 10.7. The quantitative estimate of drug-likeness (QED) is 0.307. The zero-order valence-electron chi connectivity index (χ0n) is 22.3. The third kappa shape index (κ3) is 5.34. The predicted octanol–water partition coefficient (Wildman–Crippen LogP) is 2.81. The second kappa shape index (κ2) is 12.1. The van der Waals surface area contributed by atoms with Gasteiger partial charge in [-0.3, -0.25) is 0 Å². The van der Waals surface area contributed by atoms with Crippen molar-refractivity contribution < 1.29 is 19.3 Å². The summed E-state index contributed by atoms with van der Waals surface area (Å²) < 4.78 is 19.5. The number of fused-ring (bicyclic) bond motifs is 5. The first-order valence-electron chi connectivity index (χ1n) is 14.5. The van der Waals surface area contributed by atoms with Gasteiger partial charge in [-0.25, -0.2) is 0 Å². The van der Waals surface area contributed by atoms with Gasteiger partial charge in [0.25, 0.3) is 0 Å². The van der Waals surface area contributed by atoms with Gasteiger partial charge in [-0.05, 0) is 113 Å². The number of ether oxygens (including phenoxy) is 3. The van der Waals surface area contributed by atoms with Crippen LogP contribution in [-0.4, -0.2) is 69.0 Å². The minimum Gasteiger partial charge on any atom is -0.392 e. The van der Waals surface area contributed by atoms with Crippen molar-refractivity contribution in [3.63, 3.8) is 0 Å². The molecule has 0 aromatic rings. The molecule has 0 aliphatic heterocycles. The molecule has 0 amide bonds. The molecule has 7 heteroatoms. The van der Waals surface area contributed by atoms with Crippen LogP contribution in [0.3, 0.4) is 0 Å². The zero-order valence-corrected chi connectivity index (χ0v) is 22.3. The van der Waals surface area contributed by atoms with Crippen molar-refractivity contribution in [1.82, 2.24) is 0 Å². The van der Waals surface area contributed by atoms with Gasteiger partial charge in [0.05, 0.1) is 24.4 Å². The molecule has 0 saturated heterocycles. The first-order valence-corrected chi connectivity index (χ1v) is 14.5. The van der Waals surface area contributed by atoms with Crippen LogP contribution in [0.2, 0.25) is 0 Å². The molecule has 4 saturated carbocycles. The number of rotatable bonds is 12. The number of aliphatic hydroxyl groups is 1. The maximum atomic E-state index is 11.2. The van der Waals surface area contributed by atoms with Crippen LogP contribution in [0.25, 0.3) is 0 Å². The number of nitrogens with two attached hydrogens (primary N) is 3. The lowest BCUT2D eigenvalue weighted by molar-refractivity contribution is -0.230. The van der Waals surface area contributed by atoms with Gasteiger partial charge < -0.3 is 36.5 Å². The van der Waals surface area contributed by atoms with E-state index >= 15 is 0 Å². The summed E-state index contributed by atoms with van der Waals surface area (Å²) in [6.45, 7) is 9.01. The van der Waals surface area contributed by atoms with Crippen molar-refractivity contribution in [3.8, 4) is 0 Å². The molecule has 204 valence electrons. The van der Waals surface area contributed by atoms with E-state index in [-0.39, 0.29) is 29.1 Å². The van der Waals surface area contributed by atoms with Gasteiger partial charge in [0.1, 0.15) is 0 Å². The molecule has 0 bridgehead atoms. The van der Waals surface area contributed by atoms with E-state index in [1.165, 1.54) is 6.42 Å². The summed E-state index contributed by atoms with van der Waals surface area (Å²) in [5, 5.41) is 11.2. The molecule has 0 aromatic heterocycles. The van der Waals surface area contributed by atoms with Crippen molar-refractivity contribution in [3.05, 3.63) is 0 Å². The van der Waals surface area contributed by atoms with Crippen molar-refractivity contribution in [2.24, 2.45) is 51.7 Å². The Morgan fingerprint density at radius 1 is 0.771 bits per heavy atom. The van der Waals surface area contributed by atoms with Gasteiger partial charge in [-0.2, -0.15) is 0 Å². The van der Waals surface area contributed by atoms with Crippen molar-refractivity contribution in [2.75, 3.05) is 39.5 Å². The Balaban J connectivity index is 1.60. The van der Waals surface area contributed by atoms with Gasteiger partial charge in [0, 0.05) is 25.2 Å². The van der Waals surface area contributed by atoms with Crippen molar-refractivity contribution >= 4 is 0 Å². The van der Waals surface area contributed by atoms with E-state index in [4.69, 9.17) is 31.4 Å². The Bertz CT molecular complexity index is 668. The van der Waals surface area contributed by atoms with Gasteiger partial charge in [0.15, 0.2) is 0 Å². The Morgan fingerprint density at radius 2 is 1.43 bits per heavy atom. The fraction of sp³-hybridized carbons (Fsp3) is 1.00. The lowest BCUT2D eigenvalue weighted by atomic mass is 9.43. The molecule has 0 aromatic carbocycles. The second-order valence-corrected chi connectivity index (χ2v) is 12.4. The van der Waals surface area contributed by atoms with E-state index in [9.17, 15) is 5.11 Å². The topological polar surface area (TPSA) is 126 Å². The van der Waals surface area contributed by atoms with Crippen LogP contribution in [0.15, 0.2) is 0 Å². The molecule has 10 atom stereocenters. The van der Waals surface area contributed by atoms with E-state index in [0.717, 1.165) is 71.0 Å². The highest BCUT2D eigenvalue weighted by atomic mass is 16.5. The van der Waals surface area contributed by atoms with Crippen LogP contribution in [-0.2, 0) is 14.2 Å². The average Bonchev–Trinajstić information content (AvgIpc) is 3.15. The lowest BCUT2D eigenvalue weighted by Crippen LogP contribution is -2.63. The SMILES string of the molecule is CC12[C@@H](OCCCN)C[C@H]3C([C@H](OCCCN)CC4C[C@H](OCCCN)CC[C@@]43C)[C@@H]1CC[C@@H]2O. The maximum absolute atomic E-state index is 11.2. The summed E-state index contributed by atoms with van der Waals surface area (Å²) in [7, 11) is 0. The van der Waals surface area contributed by atoms with Crippen LogP contribution >= 0.6 is 0 Å². The van der Waals surface area contributed by atoms with E-state index in [1.807, 2.05) is 0 Å². The van der Waals surface area contributed by atoms with E-state index in [1.54, 1.807) is 0 Å². The lowest BCUT2D eigenvalue weighted by Gasteiger charge is -2.64. The van der Waals surface area contributed by atoms with Crippen LogP contribution in [0.4, 0.5) is 0 Å². The first-order chi connectivity index (χ1) is 16.9. The molecule has 4 aliphatic rings. The minimum atomic E-state index is -0.307. The van der Waals surface area contributed by atoms with Gasteiger partial charge in [0.2, 0.25) is 0 Å². The molecule has 0 radical (unpaired) electrons. The molecule has 7 nitrogen and oxygen atoms in total. The molecule has 0 heterocycles. The third-order valence-corrected chi connectivity index (χ3v) is 10.7. The largest absolute Gasteiger partial charge is 0.392 e. The number of aliphatic hydroxyl groups excluding tert-OH is 1. The van der Waals surface area contributed by atoms with Crippen molar-refractivity contribution in [2.45, 2.75) is 102 Å². The summed E-state index contributed by atoms with van der Waals surface area (Å²) >= 11 is 0. The normalized spacial score (nSPS) is 45.1. The van der Waals surface area contributed by atoms with Crippen LogP contribution in [0.1, 0.15) is 78.1 Å². The van der Waals surface area contributed by atoms with Gasteiger partial charge in [-0.1, -0.05) is 13.8 Å². The predicted molar refractivity (Wildman–Crippen MR) is 139 cm³/mol. The zero-order chi connectivity index (χ0) is 25.1. The first kappa shape index (κ1) is 27.7. The van der Waals surface area contributed by atoms with Crippen LogP contribution in [0, 0.1) is 34.5 Å². The van der Waals surface area contributed by atoms with Crippen molar-refractivity contribution in [1.29, 1.82) is 0 Å². The van der Waals surface area contributed by atoms with Crippen LogP contribution in [0.5, 0.6) is 0 Å². The maximum Gasteiger partial charge on any atom is 0.0659 e. The van der Waals surface area contributed by atoms with E-state index < -0.39 is 0 Å².